The second-order valence-corrected chi connectivity index (χ2v) is 4.84. The first-order valence-electron chi connectivity index (χ1n) is 6.11. The van der Waals surface area contributed by atoms with Gasteiger partial charge < -0.3 is 9.84 Å². The normalized spacial score (nSPS) is 27.5. The summed E-state index contributed by atoms with van der Waals surface area (Å²) in [5.74, 6) is -0.608. The van der Waals surface area contributed by atoms with Gasteiger partial charge >= 0.3 is 5.69 Å². The molecule has 7 nitrogen and oxygen atoms in total. The molecule has 8 heteroatoms. The van der Waals surface area contributed by atoms with Crippen molar-refractivity contribution in [1.29, 1.82) is 0 Å². The summed E-state index contributed by atoms with van der Waals surface area (Å²) in [6.07, 6.45) is -4.34. The molecule has 1 fully saturated rings. The number of hydrogen-bond donors (Lipinski definition) is 2. The van der Waals surface area contributed by atoms with Crippen molar-refractivity contribution < 1.29 is 19.0 Å². The fourth-order valence-corrected chi connectivity index (χ4v) is 2.13. The molecule has 2 unspecified atom stereocenters. The molecule has 2 rings (SSSR count). The van der Waals surface area contributed by atoms with Crippen LogP contribution >= 0.6 is 0 Å². The minimum Gasteiger partial charge on any atom is -0.382 e. The van der Waals surface area contributed by atoms with E-state index in [-0.39, 0.29) is 12.0 Å². The molecule has 0 aromatic carbocycles. The van der Waals surface area contributed by atoms with Crippen molar-refractivity contribution >= 4 is 5.78 Å². The lowest BCUT2D eigenvalue weighted by Gasteiger charge is -2.18. The maximum Gasteiger partial charge on any atom is 0.330 e. The minimum absolute atomic E-state index is 0.180. The third-order valence-corrected chi connectivity index (χ3v) is 3.28. The minimum atomic E-state index is -1.57. The van der Waals surface area contributed by atoms with E-state index >= 15 is 0 Å². The molecule has 2 N–H and O–H groups in total. The molecule has 0 amide bonds. The molecule has 0 aliphatic carbocycles. The number of ketones is 1. The second kappa shape index (κ2) is 5.29. The number of aliphatic hydroxyl groups excluding tert-OH is 1. The van der Waals surface area contributed by atoms with E-state index in [1.54, 1.807) is 0 Å². The Morgan fingerprint density at radius 1 is 1.60 bits per heavy atom. The number of alkyl halides is 1. The van der Waals surface area contributed by atoms with Crippen molar-refractivity contribution in [3.8, 4) is 0 Å². The van der Waals surface area contributed by atoms with Crippen molar-refractivity contribution in [2.75, 3.05) is 0 Å². The monoisotopic (exact) mass is 286 g/mol. The van der Waals surface area contributed by atoms with Gasteiger partial charge in [0, 0.05) is 18.2 Å². The summed E-state index contributed by atoms with van der Waals surface area (Å²) in [4.78, 5) is 36.1. The van der Waals surface area contributed by atoms with Gasteiger partial charge in [0.15, 0.2) is 5.78 Å². The summed E-state index contributed by atoms with van der Waals surface area (Å²) in [5, 5.41) is 9.57. The molecule has 1 aromatic heterocycles. The number of H-pyrrole nitrogens is 1. The van der Waals surface area contributed by atoms with Crippen molar-refractivity contribution in [1.82, 2.24) is 9.55 Å². The average molecular weight is 286 g/mol. The van der Waals surface area contributed by atoms with Crippen molar-refractivity contribution in [3.05, 3.63) is 32.6 Å². The number of aryl methyl sites for hydroxylation is 1. The first kappa shape index (κ1) is 14.6. The van der Waals surface area contributed by atoms with Crippen LogP contribution in [-0.2, 0) is 9.53 Å². The van der Waals surface area contributed by atoms with Crippen LogP contribution in [0.15, 0.2) is 15.8 Å². The highest BCUT2D eigenvalue weighted by atomic mass is 19.1. The van der Waals surface area contributed by atoms with Crippen molar-refractivity contribution in [2.45, 2.75) is 44.9 Å². The van der Waals surface area contributed by atoms with Gasteiger partial charge in [-0.05, 0) is 13.8 Å². The lowest BCUT2D eigenvalue weighted by Crippen LogP contribution is -2.38. The number of Topliss-reactive ketones (excluding diaryl/α,β-unsaturated/α-hetero) is 1. The Kier molecular flexibility index (Phi) is 3.87. The molecule has 2 heterocycles. The Morgan fingerprint density at radius 3 is 2.85 bits per heavy atom. The number of carbonyl (C=O) groups is 1. The highest BCUT2D eigenvalue weighted by Crippen LogP contribution is 2.31. The number of nitrogens with one attached hydrogen (secondary N) is 1. The van der Waals surface area contributed by atoms with Crippen LogP contribution in [0.1, 0.15) is 25.1 Å². The molecule has 0 saturated carbocycles. The predicted molar refractivity (Wildman–Crippen MR) is 66.2 cm³/mol. The van der Waals surface area contributed by atoms with Crippen LogP contribution in [0.2, 0.25) is 0 Å². The van der Waals surface area contributed by atoms with Crippen LogP contribution in [0.3, 0.4) is 0 Å². The van der Waals surface area contributed by atoms with E-state index in [2.05, 4.69) is 4.98 Å². The summed E-state index contributed by atoms with van der Waals surface area (Å²) >= 11 is 0. The van der Waals surface area contributed by atoms with Crippen molar-refractivity contribution in [2.24, 2.45) is 0 Å². The maximum absolute atomic E-state index is 13.8. The Balaban J connectivity index is 2.29. The molecule has 1 aromatic rings. The smallest absolute Gasteiger partial charge is 0.330 e. The fraction of sp³-hybridized carbons (Fsp3) is 0.583. The first-order chi connectivity index (χ1) is 9.31. The van der Waals surface area contributed by atoms with Crippen LogP contribution in [0.25, 0.3) is 0 Å². The average Bonchev–Trinajstić information content (AvgIpc) is 2.74. The summed E-state index contributed by atoms with van der Waals surface area (Å²) in [6.45, 7) is 2.63. The molecular weight excluding hydrogens is 271 g/mol. The van der Waals surface area contributed by atoms with Crippen LogP contribution in [0.5, 0.6) is 0 Å². The molecule has 0 radical (unpaired) electrons. The Hall–Kier alpha value is -1.80. The zero-order chi connectivity index (χ0) is 15.0. The van der Waals surface area contributed by atoms with E-state index in [0.29, 0.717) is 0 Å². The molecule has 0 spiro atoms. The Bertz CT molecular complexity index is 637. The SMILES string of the molecule is CC(=O)C(O)[C@H]1O[C@@H](n2cc(C)c(=O)[nH]c2=O)CC1F. The van der Waals surface area contributed by atoms with Crippen molar-refractivity contribution in [3.63, 3.8) is 0 Å². The molecule has 20 heavy (non-hydrogen) atoms. The van der Waals surface area contributed by atoms with Gasteiger partial charge in [-0.25, -0.2) is 9.18 Å². The third kappa shape index (κ3) is 2.56. The van der Waals surface area contributed by atoms with Gasteiger partial charge in [0.05, 0.1) is 0 Å². The number of rotatable bonds is 3. The summed E-state index contributed by atoms with van der Waals surface area (Å²) in [5.41, 5.74) is -0.976. The molecule has 1 aliphatic heterocycles. The summed E-state index contributed by atoms with van der Waals surface area (Å²) in [6, 6.07) is 0. The van der Waals surface area contributed by atoms with Gasteiger partial charge in [-0.3, -0.25) is 19.1 Å². The summed E-state index contributed by atoms with van der Waals surface area (Å²) < 4.78 is 20.1. The number of hydrogen-bond acceptors (Lipinski definition) is 5. The van der Waals surface area contributed by atoms with Gasteiger partial charge in [-0.1, -0.05) is 0 Å². The first-order valence-corrected chi connectivity index (χ1v) is 6.11. The Labute approximate surface area is 113 Å². The lowest BCUT2D eigenvalue weighted by atomic mass is 10.1. The van der Waals surface area contributed by atoms with Crippen LogP contribution in [-0.4, -0.2) is 38.8 Å². The number of aromatic amines is 1. The zero-order valence-electron chi connectivity index (χ0n) is 11.0. The molecule has 0 bridgehead atoms. The number of nitrogens with zero attached hydrogens (tertiary/aromatic N) is 1. The molecule has 110 valence electrons. The van der Waals surface area contributed by atoms with E-state index < -0.39 is 41.6 Å². The van der Waals surface area contributed by atoms with E-state index in [4.69, 9.17) is 4.74 Å². The topological polar surface area (TPSA) is 101 Å². The molecule has 1 saturated heterocycles. The van der Waals surface area contributed by atoms with Gasteiger partial charge in [0.2, 0.25) is 0 Å². The second-order valence-electron chi connectivity index (χ2n) is 4.84. The lowest BCUT2D eigenvalue weighted by molar-refractivity contribution is -0.137. The van der Waals surface area contributed by atoms with Crippen LogP contribution in [0.4, 0.5) is 4.39 Å². The number of aliphatic hydroxyl groups is 1. The van der Waals surface area contributed by atoms with Gasteiger partial charge in [-0.15, -0.1) is 0 Å². The van der Waals surface area contributed by atoms with Gasteiger partial charge in [0.1, 0.15) is 24.6 Å². The zero-order valence-corrected chi connectivity index (χ0v) is 11.0. The highest BCUT2D eigenvalue weighted by molar-refractivity contribution is 5.80. The molecular formula is C12H15FN2O5. The Morgan fingerprint density at radius 2 is 2.25 bits per heavy atom. The quantitative estimate of drug-likeness (QED) is 0.774. The standard InChI is InChI=1S/C12H15FN2O5/c1-5-4-15(12(19)14-11(5)18)8-3-7(13)10(20-8)9(17)6(2)16/h4,7-10,17H,3H2,1-2H3,(H,14,18,19)/t7?,8-,9?,10+/m1/s1. The van der Waals surface area contributed by atoms with E-state index in [1.165, 1.54) is 13.1 Å². The fourth-order valence-electron chi connectivity index (χ4n) is 2.13. The van der Waals surface area contributed by atoms with Crippen LogP contribution < -0.4 is 11.2 Å². The number of halogens is 1. The van der Waals surface area contributed by atoms with E-state index in [0.717, 1.165) is 11.5 Å². The summed E-state index contributed by atoms with van der Waals surface area (Å²) in [7, 11) is 0. The van der Waals surface area contributed by atoms with Crippen LogP contribution in [0, 0.1) is 6.92 Å². The van der Waals surface area contributed by atoms with Gasteiger partial charge in [0.25, 0.3) is 5.56 Å². The number of aromatic nitrogens is 2. The predicted octanol–water partition coefficient (Wildman–Crippen LogP) is -0.579. The highest BCUT2D eigenvalue weighted by Gasteiger charge is 2.42. The number of ether oxygens (including phenoxy) is 1. The van der Waals surface area contributed by atoms with E-state index in [9.17, 15) is 23.9 Å². The molecule has 4 atom stereocenters. The van der Waals surface area contributed by atoms with E-state index in [1.807, 2.05) is 0 Å². The molecule has 1 aliphatic rings. The number of carbonyl (C=O) groups excluding carboxylic acids is 1. The largest absolute Gasteiger partial charge is 0.382 e. The van der Waals surface area contributed by atoms with Gasteiger partial charge in [-0.2, -0.15) is 0 Å². The maximum atomic E-state index is 13.8. The third-order valence-electron chi connectivity index (χ3n) is 3.28.